The molecule has 0 radical (unpaired) electrons. The first-order valence-corrected chi connectivity index (χ1v) is 9.24. The van der Waals surface area contributed by atoms with Gasteiger partial charge < -0.3 is 14.8 Å². The summed E-state index contributed by atoms with van der Waals surface area (Å²) in [6.07, 6.45) is 3.09. The van der Waals surface area contributed by atoms with Gasteiger partial charge in [-0.1, -0.05) is 12.1 Å². The largest absolute Gasteiger partial charge is 0.497 e. The Morgan fingerprint density at radius 1 is 1.20 bits per heavy atom. The third-order valence-corrected chi connectivity index (χ3v) is 4.46. The van der Waals surface area contributed by atoms with Gasteiger partial charge >= 0.3 is 5.97 Å². The van der Waals surface area contributed by atoms with Crippen molar-refractivity contribution < 1.29 is 19.1 Å². The van der Waals surface area contributed by atoms with E-state index in [2.05, 4.69) is 20.6 Å². The number of carbonyl (C=O) groups is 2. The minimum atomic E-state index is -0.465. The molecule has 4 aromatic rings. The molecule has 3 aromatic heterocycles. The average Bonchev–Trinajstić information content (AvgIpc) is 3.41. The summed E-state index contributed by atoms with van der Waals surface area (Å²) >= 11 is 0. The van der Waals surface area contributed by atoms with E-state index >= 15 is 0 Å². The first kappa shape index (κ1) is 19.2. The average molecular weight is 405 g/mol. The van der Waals surface area contributed by atoms with E-state index in [9.17, 15) is 9.59 Å². The zero-order valence-corrected chi connectivity index (χ0v) is 16.4. The number of anilines is 1. The second-order valence-corrected chi connectivity index (χ2v) is 6.38. The summed E-state index contributed by atoms with van der Waals surface area (Å²) in [7, 11) is 1.59. The van der Waals surface area contributed by atoms with E-state index in [1.807, 2.05) is 24.3 Å². The summed E-state index contributed by atoms with van der Waals surface area (Å²) in [4.78, 5) is 24.7. The SMILES string of the molecule is CCOC(=O)c1cnn2ccc(NC(=O)c3cc(-c4cccc(OC)c4)n[nH]3)cc12. The van der Waals surface area contributed by atoms with Gasteiger partial charge in [0.15, 0.2) is 0 Å². The number of ether oxygens (including phenoxy) is 2. The number of carbonyl (C=O) groups excluding carboxylic acids is 2. The molecule has 9 heteroatoms. The first-order valence-electron chi connectivity index (χ1n) is 9.24. The number of pyridine rings is 1. The van der Waals surface area contributed by atoms with Crippen molar-refractivity contribution in [2.24, 2.45) is 0 Å². The molecule has 1 aromatic carbocycles. The van der Waals surface area contributed by atoms with Crippen LogP contribution in [0.1, 0.15) is 27.8 Å². The van der Waals surface area contributed by atoms with Gasteiger partial charge in [-0.3, -0.25) is 9.89 Å². The van der Waals surface area contributed by atoms with Crippen molar-refractivity contribution >= 4 is 23.1 Å². The van der Waals surface area contributed by atoms with E-state index in [1.165, 1.54) is 6.20 Å². The second-order valence-electron chi connectivity index (χ2n) is 6.38. The Labute approximate surface area is 171 Å². The number of fused-ring (bicyclic) bond motifs is 1. The summed E-state index contributed by atoms with van der Waals surface area (Å²) in [6.45, 7) is 2.00. The second kappa shape index (κ2) is 8.08. The molecular formula is C21H19N5O4. The molecule has 0 aliphatic rings. The predicted octanol–water partition coefficient (Wildman–Crippen LogP) is 3.16. The Morgan fingerprint density at radius 3 is 2.87 bits per heavy atom. The van der Waals surface area contributed by atoms with Crippen LogP contribution in [0, 0.1) is 0 Å². The molecule has 1 amide bonds. The molecule has 0 atom stereocenters. The highest BCUT2D eigenvalue weighted by Gasteiger charge is 2.16. The molecule has 4 rings (SSSR count). The third kappa shape index (κ3) is 3.72. The van der Waals surface area contributed by atoms with Crippen molar-refractivity contribution in [1.82, 2.24) is 19.8 Å². The highest BCUT2D eigenvalue weighted by molar-refractivity contribution is 6.04. The van der Waals surface area contributed by atoms with Crippen molar-refractivity contribution in [2.45, 2.75) is 6.92 Å². The molecule has 30 heavy (non-hydrogen) atoms. The third-order valence-electron chi connectivity index (χ3n) is 4.46. The van der Waals surface area contributed by atoms with Crippen LogP contribution in [0.25, 0.3) is 16.8 Å². The van der Waals surface area contributed by atoms with Gasteiger partial charge in [0.1, 0.15) is 17.0 Å². The summed E-state index contributed by atoms with van der Waals surface area (Å²) in [6, 6.07) is 12.4. The van der Waals surface area contributed by atoms with Crippen molar-refractivity contribution in [3.8, 4) is 17.0 Å². The minimum Gasteiger partial charge on any atom is -0.497 e. The summed E-state index contributed by atoms with van der Waals surface area (Å²) < 4.78 is 11.8. The molecule has 0 saturated heterocycles. The van der Waals surface area contributed by atoms with Crippen LogP contribution in [0.4, 0.5) is 5.69 Å². The smallest absolute Gasteiger partial charge is 0.341 e. The van der Waals surface area contributed by atoms with Crippen molar-refractivity contribution in [3.05, 3.63) is 66.1 Å². The number of rotatable bonds is 6. The van der Waals surface area contributed by atoms with Gasteiger partial charge in [-0.05, 0) is 37.3 Å². The lowest BCUT2D eigenvalue weighted by molar-refractivity contribution is 0.0528. The first-order chi connectivity index (χ1) is 14.6. The fourth-order valence-electron chi connectivity index (χ4n) is 2.99. The molecule has 0 unspecified atom stereocenters. The maximum Gasteiger partial charge on any atom is 0.341 e. The van der Waals surface area contributed by atoms with Gasteiger partial charge in [-0.15, -0.1) is 0 Å². The zero-order valence-electron chi connectivity index (χ0n) is 16.4. The van der Waals surface area contributed by atoms with E-state index in [1.54, 1.807) is 42.9 Å². The van der Waals surface area contributed by atoms with Crippen LogP contribution in [0.5, 0.6) is 5.75 Å². The summed E-state index contributed by atoms with van der Waals surface area (Å²) in [5, 5.41) is 13.9. The fraction of sp³-hybridized carbons (Fsp3) is 0.143. The lowest BCUT2D eigenvalue weighted by Gasteiger charge is -2.05. The maximum atomic E-state index is 12.7. The highest BCUT2D eigenvalue weighted by atomic mass is 16.5. The van der Waals surface area contributed by atoms with Crippen molar-refractivity contribution in [1.29, 1.82) is 0 Å². The van der Waals surface area contributed by atoms with Crippen LogP contribution in [0.15, 0.2) is 54.9 Å². The molecule has 3 heterocycles. The van der Waals surface area contributed by atoms with Crippen LogP contribution in [0.3, 0.4) is 0 Å². The van der Waals surface area contributed by atoms with E-state index in [0.29, 0.717) is 33.9 Å². The number of benzene rings is 1. The molecule has 0 aliphatic carbocycles. The molecule has 0 fully saturated rings. The molecular weight excluding hydrogens is 386 g/mol. The molecule has 0 spiro atoms. The minimum absolute atomic E-state index is 0.266. The van der Waals surface area contributed by atoms with Gasteiger partial charge in [0.2, 0.25) is 0 Å². The van der Waals surface area contributed by atoms with Crippen LogP contribution in [0.2, 0.25) is 0 Å². The zero-order chi connectivity index (χ0) is 21.1. The quantitative estimate of drug-likeness (QED) is 0.477. The summed E-state index contributed by atoms with van der Waals surface area (Å²) in [5.41, 5.74) is 3.12. The maximum absolute atomic E-state index is 12.7. The normalized spacial score (nSPS) is 10.7. The van der Waals surface area contributed by atoms with Gasteiger partial charge in [0.25, 0.3) is 5.91 Å². The van der Waals surface area contributed by atoms with Gasteiger partial charge in [-0.25, -0.2) is 9.31 Å². The van der Waals surface area contributed by atoms with Crippen molar-refractivity contribution in [2.75, 3.05) is 19.0 Å². The highest BCUT2D eigenvalue weighted by Crippen LogP contribution is 2.23. The van der Waals surface area contributed by atoms with Crippen LogP contribution in [-0.4, -0.2) is 45.4 Å². The molecule has 0 saturated carbocycles. The van der Waals surface area contributed by atoms with Crippen LogP contribution >= 0.6 is 0 Å². The number of H-pyrrole nitrogens is 1. The Hall–Kier alpha value is -4.14. The molecule has 0 aliphatic heterocycles. The fourth-order valence-corrected chi connectivity index (χ4v) is 2.99. The van der Waals surface area contributed by atoms with Crippen molar-refractivity contribution in [3.63, 3.8) is 0 Å². The Bertz CT molecular complexity index is 1230. The molecule has 152 valence electrons. The number of nitrogens with zero attached hydrogens (tertiary/aromatic N) is 3. The van der Waals surface area contributed by atoms with Gasteiger partial charge in [0.05, 0.1) is 31.1 Å². The number of hydrogen-bond acceptors (Lipinski definition) is 6. The number of esters is 1. The lowest BCUT2D eigenvalue weighted by atomic mass is 10.1. The number of nitrogens with one attached hydrogen (secondary N) is 2. The van der Waals surface area contributed by atoms with E-state index < -0.39 is 5.97 Å². The molecule has 2 N–H and O–H groups in total. The molecule has 0 bridgehead atoms. The van der Waals surface area contributed by atoms with Gasteiger partial charge in [-0.2, -0.15) is 10.2 Å². The number of amides is 1. The molecule has 9 nitrogen and oxygen atoms in total. The van der Waals surface area contributed by atoms with E-state index in [0.717, 1.165) is 5.56 Å². The lowest BCUT2D eigenvalue weighted by Crippen LogP contribution is -2.12. The predicted molar refractivity (Wildman–Crippen MR) is 110 cm³/mol. The number of hydrogen-bond donors (Lipinski definition) is 2. The number of aromatic nitrogens is 4. The Kier molecular flexibility index (Phi) is 5.17. The Morgan fingerprint density at radius 2 is 2.07 bits per heavy atom. The number of aromatic amines is 1. The topological polar surface area (TPSA) is 111 Å². The van der Waals surface area contributed by atoms with E-state index in [4.69, 9.17) is 9.47 Å². The monoisotopic (exact) mass is 405 g/mol. The van der Waals surface area contributed by atoms with Crippen LogP contribution in [-0.2, 0) is 4.74 Å². The van der Waals surface area contributed by atoms with Crippen LogP contribution < -0.4 is 10.1 Å². The van der Waals surface area contributed by atoms with E-state index in [-0.39, 0.29) is 12.5 Å². The number of methoxy groups -OCH3 is 1. The standard InChI is InChI=1S/C21H19N5O4/c1-3-30-21(28)16-12-22-26-8-7-14(10-19(16)26)23-20(27)18-11-17(24-25-18)13-5-4-6-15(9-13)29-2/h4-12H,3H2,1-2H3,(H,23,27)(H,24,25). The summed E-state index contributed by atoms with van der Waals surface area (Å²) in [5.74, 6) is -0.126. The Balaban J connectivity index is 1.55. The van der Waals surface area contributed by atoms with Gasteiger partial charge in [0, 0.05) is 17.4 Å².